The van der Waals surface area contributed by atoms with Gasteiger partial charge in [-0.15, -0.1) is 0 Å². The van der Waals surface area contributed by atoms with E-state index in [2.05, 4.69) is 97.8 Å². The van der Waals surface area contributed by atoms with Crippen LogP contribution < -0.4 is 20.2 Å². The van der Waals surface area contributed by atoms with E-state index < -0.39 is 14.0 Å². The van der Waals surface area contributed by atoms with Crippen LogP contribution in [0.5, 0.6) is 0 Å². The maximum Gasteiger partial charge on any atom is 0.303 e. The summed E-state index contributed by atoms with van der Waals surface area (Å²) in [5.74, 6) is -0.488. The molecule has 0 atom stereocenters. The Kier molecular flexibility index (Phi) is 6.19. The second kappa shape index (κ2) is 8.75. The summed E-state index contributed by atoms with van der Waals surface area (Å²) in [6.45, 7) is 2.44. The predicted molar refractivity (Wildman–Crippen MR) is 139 cm³/mol. The molecule has 0 saturated heterocycles. The maximum absolute atomic E-state index is 11.3. The number of nitrogens with zero attached hydrogens (tertiary/aromatic N) is 2. The SMILES string of the molecule is CN(C)c1ccc2c(c1)[Si](C)(CCCC(=O)O)c1cc(N(C)C)ccc1C2c1ccsc1. The van der Waals surface area contributed by atoms with Crippen LogP contribution in [0.4, 0.5) is 11.4 Å². The molecular weight excluding hydrogens is 432 g/mol. The van der Waals surface area contributed by atoms with E-state index in [1.165, 1.54) is 38.4 Å². The fraction of sp³-hybridized carbons (Fsp3) is 0.346. The molecule has 0 unspecified atom stereocenters. The highest BCUT2D eigenvalue weighted by Crippen LogP contribution is 2.39. The molecule has 1 aliphatic heterocycles. The van der Waals surface area contributed by atoms with Crippen LogP contribution in [0, 0.1) is 0 Å². The van der Waals surface area contributed by atoms with Gasteiger partial charge in [-0.25, -0.2) is 0 Å². The third-order valence-corrected chi connectivity index (χ3v) is 12.2. The first-order valence-electron chi connectivity index (χ1n) is 11.1. The van der Waals surface area contributed by atoms with Crippen LogP contribution in [0.15, 0.2) is 53.2 Å². The number of benzene rings is 2. The molecule has 3 aromatic rings. The Balaban J connectivity index is 1.97. The minimum Gasteiger partial charge on any atom is -0.481 e. The summed E-state index contributed by atoms with van der Waals surface area (Å²) >= 11 is 1.75. The van der Waals surface area contributed by atoms with Crippen molar-refractivity contribution in [2.75, 3.05) is 38.0 Å². The molecule has 32 heavy (non-hydrogen) atoms. The molecule has 1 aromatic heterocycles. The predicted octanol–water partition coefficient (Wildman–Crippen LogP) is 4.43. The Bertz CT molecular complexity index is 1070. The molecule has 0 bridgehead atoms. The average molecular weight is 465 g/mol. The van der Waals surface area contributed by atoms with E-state index in [1.54, 1.807) is 11.3 Å². The number of carboxylic acids is 1. The van der Waals surface area contributed by atoms with Crippen LogP contribution in [0.1, 0.15) is 35.4 Å². The fourth-order valence-corrected chi connectivity index (χ4v) is 10.1. The average Bonchev–Trinajstić information content (AvgIpc) is 3.27. The van der Waals surface area contributed by atoms with Crippen molar-refractivity contribution < 1.29 is 9.90 Å². The van der Waals surface area contributed by atoms with Crippen LogP contribution in [0.2, 0.25) is 12.6 Å². The molecule has 4 rings (SSSR count). The number of carbonyl (C=O) groups is 1. The molecule has 0 amide bonds. The molecule has 2 aromatic carbocycles. The van der Waals surface area contributed by atoms with Gasteiger partial charge in [-0.05, 0) is 80.6 Å². The zero-order chi connectivity index (χ0) is 23.0. The summed E-state index contributed by atoms with van der Waals surface area (Å²) in [6.07, 6.45) is 0.931. The lowest BCUT2D eigenvalue weighted by Crippen LogP contribution is -2.61. The molecule has 6 heteroatoms. The molecular formula is C26H32N2O2SSi. The monoisotopic (exact) mass is 464 g/mol. The van der Waals surface area contributed by atoms with E-state index >= 15 is 0 Å². The quantitative estimate of drug-likeness (QED) is 0.525. The van der Waals surface area contributed by atoms with Gasteiger partial charge in [-0.1, -0.05) is 18.7 Å². The lowest BCUT2D eigenvalue weighted by atomic mass is 9.85. The third-order valence-electron chi connectivity index (χ3n) is 6.86. The van der Waals surface area contributed by atoms with E-state index in [0.717, 1.165) is 6.04 Å². The fourth-order valence-electron chi connectivity index (χ4n) is 5.08. The number of thiophene rings is 1. The van der Waals surface area contributed by atoms with Gasteiger partial charge in [0.05, 0.1) is 0 Å². The highest BCUT2D eigenvalue weighted by Gasteiger charge is 2.43. The lowest BCUT2D eigenvalue weighted by molar-refractivity contribution is -0.137. The molecule has 1 N–H and O–H groups in total. The Morgan fingerprint density at radius 1 is 0.969 bits per heavy atom. The Morgan fingerprint density at radius 2 is 1.53 bits per heavy atom. The van der Waals surface area contributed by atoms with Gasteiger partial charge in [0.15, 0.2) is 0 Å². The zero-order valence-electron chi connectivity index (χ0n) is 19.6. The second-order valence-corrected chi connectivity index (χ2v) is 14.4. The van der Waals surface area contributed by atoms with Gasteiger partial charge in [0.2, 0.25) is 0 Å². The summed E-state index contributed by atoms with van der Waals surface area (Å²) in [5.41, 5.74) is 6.54. The number of carboxylic acid groups (broad SMARTS) is 1. The molecule has 0 saturated carbocycles. The van der Waals surface area contributed by atoms with Crippen molar-refractivity contribution in [3.05, 3.63) is 69.9 Å². The van der Waals surface area contributed by atoms with Crippen molar-refractivity contribution in [3.63, 3.8) is 0 Å². The van der Waals surface area contributed by atoms with Crippen molar-refractivity contribution in [2.45, 2.75) is 31.4 Å². The van der Waals surface area contributed by atoms with Gasteiger partial charge in [0.25, 0.3) is 0 Å². The molecule has 0 radical (unpaired) electrons. The topological polar surface area (TPSA) is 43.8 Å². The smallest absolute Gasteiger partial charge is 0.303 e. The van der Waals surface area contributed by atoms with Crippen LogP contribution >= 0.6 is 11.3 Å². The highest BCUT2D eigenvalue weighted by molar-refractivity contribution is 7.08. The van der Waals surface area contributed by atoms with E-state index in [4.69, 9.17) is 0 Å². The Labute approximate surface area is 196 Å². The molecule has 0 fully saturated rings. The Morgan fingerprint density at radius 3 is 1.97 bits per heavy atom. The first-order chi connectivity index (χ1) is 15.2. The van der Waals surface area contributed by atoms with Crippen molar-refractivity contribution in [1.82, 2.24) is 0 Å². The summed E-state index contributed by atoms with van der Waals surface area (Å²) in [4.78, 5) is 15.7. The van der Waals surface area contributed by atoms with Gasteiger partial charge in [0, 0.05) is 51.9 Å². The number of hydrogen-bond donors (Lipinski definition) is 1. The van der Waals surface area contributed by atoms with E-state index in [1.807, 2.05) is 0 Å². The van der Waals surface area contributed by atoms with Crippen molar-refractivity contribution >= 4 is 47.1 Å². The number of anilines is 2. The van der Waals surface area contributed by atoms with E-state index in [-0.39, 0.29) is 12.3 Å². The molecule has 0 spiro atoms. The van der Waals surface area contributed by atoms with Crippen molar-refractivity contribution in [1.29, 1.82) is 0 Å². The molecule has 168 valence electrons. The summed E-state index contributed by atoms with van der Waals surface area (Å²) in [5, 5.41) is 16.7. The number of rotatable bonds is 7. The standard InChI is InChI=1S/C26H32N2O2SSi/c1-27(2)19-8-10-21-23(15-19)32(5,14-6-7-25(29)30)24-16-20(28(3)4)9-11-22(24)26(21)18-12-13-31-17-18/h8-13,15-17,26H,6-7,14H2,1-5H3,(H,29,30). The molecule has 1 aliphatic rings. The first kappa shape index (κ1) is 22.6. The molecule has 2 heterocycles. The summed E-state index contributed by atoms with van der Waals surface area (Å²) < 4.78 is 0. The number of fused-ring (bicyclic) bond motifs is 2. The largest absolute Gasteiger partial charge is 0.481 e. The maximum atomic E-state index is 11.3. The van der Waals surface area contributed by atoms with Crippen LogP contribution in [0.25, 0.3) is 0 Å². The van der Waals surface area contributed by atoms with Crippen LogP contribution in [0.3, 0.4) is 0 Å². The van der Waals surface area contributed by atoms with E-state index in [0.29, 0.717) is 6.42 Å². The third kappa shape index (κ3) is 3.97. The lowest BCUT2D eigenvalue weighted by Gasteiger charge is -2.41. The molecule has 4 nitrogen and oxygen atoms in total. The van der Waals surface area contributed by atoms with Crippen molar-refractivity contribution in [3.8, 4) is 0 Å². The van der Waals surface area contributed by atoms with Gasteiger partial charge in [-0.3, -0.25) is 4.79 Å². The number of aliphatic carboxylic acids is 1. The van der Waals surface area contributed by atoms with Gasteiger partial charge in [0.1, 0.15) is 8.07 Å². The summed E-state index contributed by atoms with van der Waals surface area (Å²) in [6, 6.07) is 17.0. The molecule has 0 aliphatic carbocycles. The van der Waals surface area contributed by atoms with Gasteiger partial charge < -0.3 is 14.9 Å². The first-order valence-corrected chi connectivity index (χ1v) is 14.7. The number of hydrogen-bond acceptors (Lipinski definition) is 4. The van der Waals surface area contributed by atoms with E-state index in [9.17, 15) is 9.90 Å². The highest BCUT2D eigenvalue weighted by atomic mass is 32.1. The minimum atomic E-state index is -2.17. The Hall–Kier alpha value is -2.57. The van der Waals surface area contributed by atoms with Crippen molar-refractivity contribution in [2.24, 2.45) is 0 Å². The zero-order valence-corrected chi connectivity index (χ0v) is 21.4. The van der Waals surface area contributed by atoms with Gasteiger partial charge in [-0.2, -0.15) is 11.3 Å². The normalized spacial score (nSPS) is 19.2. The minimum absolute atomic E-state index is 0.221. The van der Waals surface area contributed by atoms with Crippen LogP contribution in [-0.2, 0) is 4.79 Å². The van der Waals surface area contributed by atoms with Gasteiger partial charge >= 0.3 is 5.97 Å². The second-order valence-electron chi connectivity index (χ2n) is 9.40. The van der Waals surface area contributed by atoms with Crippen LogP contribution in [-0.4, -0.2) is 47.3 Å². The summed E-state index contributed by atoms with van der Waals surface area (Å²) in [7, 11) is 6.18.